The van der Waals surface area contributed by atoms with E-state index in [0.717, 1.165) is 55.3 Å². The molecule has 0 aliphatic heterocycles. The van der Waals surface area contributed by atoms with Gasteiger partial charge in [-0.3, -0.25) is 0 Å². The van der Waals surface area contributed by atoms with E-state index < -0.39 is 0 Å². The molecule has 0 saturated heterocycles. The quantitative estimate of drug-likeness (QED) is 0.193. The van der Waals surface area contributed by atoms with Crippen LogP contribution in [0.25, 0.3) is 77.2 Å². The number of fused-ring (bicyclic) bond motifs is 6. The van der Waals surface area contributed by atoms with Crippen LogP contribution in [0.15, 0.2) is 152 Å². The highest BCUT2D eigenvalue weighted by atomic mass is 15.0. The van der Waals surface area contributed by atoms with Gasteiger partial charge >= 0.3 is 0 Å². The van der Waals surface area contributed by atoms with Crippen molar-refractivity contribution in [2.24, 2.45) is 0 Å². The maximum absolute atomic E-state index is 10.7. The first-order chi connectivity index (χ1) is 24.7. The minimum absolute atomic E-state index is 0.459. The molecule has 0 radical (unpaired) electrons. The van der Waals surface area contributed by atoms with Gasteiger partial charge in [0.15, 0.2) is 0 Å². The summed E-state index contributed by atoms with van der Waals surface area (Å²) in [6.45, 7) is 0. The van der Waals surface area contributed by atoms with E-state index in [1.165, 1.54) is 10.8 Å². The molecule has 0 unspecified atom stereocenters. The standard InChI is InChI=1S/C45H25N5/c46-26-29-20-23-44-39(24-29)37-14-4-5-16-40(37)49(44)32-21-22-33(31(25-32)28-48)45-30(27-47)10-9-15-38(45)36-13-3-8-19-43(36)50-41-17-6-1-11-34(41)35-12-2-7-18-42(35)50/h1-25H. The van der Waals surface area contributed by atoms with E-state index >= 15 is 0 Å². The molecule has 2 aromatic heterocycles. The second kappa shape index (κ2) is 11.4. The first kappa shape index (κ1) is 28.8. The van der Waals surface area contributed by atoms with Crippen LogP contribution >= 0.6 is 0 Å². The molecule has 5 heteroatoms. The Bertz CT molecular complexity index is 2920. The molecule has 5 nitrogen and oxygen atoms in total. The van der Waals surface area contributed by atoms with E-state index in [4.69, 9.17) is 0 Å². The van der Waals surface area contributed by atoms with Gasteiger partial charge in [0, 0.05) is 43.9 Å². The van der Waals surface area contributed by atoms with E-state index in [1.54, 1.807) is 0 Å². The molecule has 0 bridgehead atoms. The van der Waals surface area contributed by atoms with Gasteiger partial charge in [0.25, 0.3) is 0 Å². The van der Waals surface area contributed by atoms with Gasteiger partial charge in [0.2, 0.25) is 0 Å². The lowest BCUT2D eigenvalue weighted by molar-refractivity contribution is 1.18. The molecule has 0 atom stereocenters. The van der Waals surface area contributed by atoms with Gasteiger partial charge in [-0.15, -0.1) is 0 Å². The van der Waals surface area contributed by atoms with E-state index in [2.05, 4.69) is 100 Å². The maximum atomic E-state index is 10.7. The molecular weight excluding hydrogens is 611 g/mol. The average molecular weight is 636 g/mol. The highest BCUT2D eigenvalue weighted by Crippen LogP contribution is 2.42. The topological polar surface area (TPSA) is 81.2 Å². The lowest BCUT2D eigenvalue weighted by Crippen LogP contribution is -2.00. The second-order valence-corrected chi connectivity index (χ2v) is 12.3. The van der Waals surface area contributed by atoms with E-state index in [-0.39, 0.29) is 0 Å². The van der Waals surface area contributed by atoms with Crippen molar-refractivity contribution in [1.29, 1.82) is 15.8 Å². The molecule has 0 aliphatic carbocycles. The SMILES string of the molecule is N#Cc1ccc2c(c1)c1ccccc1n2-c1ccc(-c2c(C#N)cccc2-c2ccccc2-n2c3ccccc3c3ccccc32)c(C#N)c1. The fraction of sp³-hybridized carbons (Fsp3) is 0. The molecule has 9 rings (SSSR count). The van der Waals surface area contributed by atoms with E-state index in [1.807, 2.05) is 78.9 Å². The molecule has 9 aromatic rings. The number of hydrogen-bond acceptors (Lipinski definition) is 3. The number of rotatable bonds is 4. The highest BCUT2D eigenvalue weighted by molar-refractivity contribution is 6.11. The van der Waals surface area contributed by atoms with Crippen LogP contribution in [0.5, 0.6) is 0 Å². The zero-order valence-electron chi connectivity index (χ0n) is 26.7. The summed E-state index contributed by atoms with van der Waals surface area (Å²) in [5.41, 5.74) is 10.7. The molecule has 230 valence electrons. The number of para-hydroxylation sites is 4. The molecule has 0 spiro atoms. The minimum atomic E-state index is 0.459. The van der Waals surface area contributed by atoms with Crippen molar-refractivity contribution in [3.05, 3.63) is 168 Å². The molecule has 2 heterocycles. The number of benzene rings is 7. The Hall–Kier alpha value is -7.39. The number of nitrogens with zero attached hydrogens (tertiary/aromatic N) is 5. The predicted molar refractivity (Wildman–Crippen MR) is 200 cm³/mol. The Morgan fingerprint density at radius 3 is 1.64 bits per heavy atom. The minimum Gasteiger partial charge on any atom is -0.309 e. The predicted octanol–water partition coefficient (Wildman–Crippen LogP) is 10.8. The Labute approximate surface area is 287 Å². The summed E-state index contributed by atoms with van der Waals surface area (Å²) < 4.78 is 4.42. The molecule has 0 amide bonds. The summed E-state index contributed by atoms with van der Waals surface area (Å²) >= 11 is 0. The van der Waals surface area contributed by atoms with Gasteiger partial charge in [-0.25, -0.2) is 0 Å². The van der Waals surface area contributed by atoms with Crippen molar-refractivity contribution in [3.8, 4) is 51.8 Å². The van der Waals surface area contributed by atoms with Gasteiger partial charge in [-0.2, -0.15) is 15.8 Å². The third-order valence-corrected chi connectivity index (χ3v) is 9.65. The van der Waals surface area contributed by atoms with E-state index in [0.29, 0.717) is 27.8 Å². The fourth-order valence-electron chi connectivity index (χ4n) is 7.54. The van der Waals surface area contributed by atoms with Crippen LogP contribution in [0.3, 0.4) is 0 Å². The van der Waals surface area contributed by atoms with Crippen molar-refractivity contribution < 1.29 is 0 Å². The largest absolute Gasteiger partial charge is 0.309 e. The summed E-state index contributed by atoms with van der Waals surface area (Å²) in [4.78, 5) is 0. The lowest BCUT2D eigenvalue weighted by Gasteiger charge is -2.19. The summed E-state index contributed by atoms with van der Waals surface area (Å²) in [5.74, 6) is 0. The first-order valence-corrected chi connectivity index (χ1v) is 16.3. The van der Waals surface area contributed by atoms with Gasteiger partial charge < -0.3 is 9.13 Å². The van der Waals surface area contributed by atoms with Crippen molar-refractivity contribution in [2.45, 2.75) is 0 Å². The summed E-state index contributed by atoms with van der Waals surface area (Å²) in [5, 5.41) is 35.1. The molecule has 0 N–H and O–H groups in total. The Balaban J connectivity index is 1.28. The smallest absolute Gasteiger partial charge is 0.0998 e. The Kier molecular flexibility index (Phi) is 6.56. The monoisotopic (exact) mass is 635 g/mol. The Morgan fingerprint density at radius 2 is 0.960 bits per heavy atom. The van der Waals surface area contributed by atoms with Crippen LogP contribution in [0, 0.1) is 34.0 Å². The zero-order chi connectivity index (χ0) is 33.8. The summed E-state index contributed by atoms with van der Waals surface area (Å²) in [7, 11) is 0. The fourth-order valence-corrected chi connectivity index (χ4v) is 7.54. The van der Waals surface area contributed by atoms with Crippen molar-refractivity contribution in [2.75, 3.05) is 0 Å². The molecule has 0 fully saturated rings. The number of nitriles is 3. The number of hydrogen-bond donors (Lipinski definition) is 0. The molecule has 50 heavy (non-hydrogen) atoms. The molecular formula is C45H25N5. The zero-order valence-corrected chi connectivity index (χ0v) is 26.7. The number of aromatic nitrogens is 2. The van der Waals surface area contributed by atoms with Gasteiger partial charge in [0.1, 0.15) is 0 Å². The van der Waals surface area contributed by atoms with Crippen molar-refractivity contribution in [3.63, 3.8) is 0 Å². The van der Waals surface area contributed by atoms with Crippen LogP contribution in [0.2, 0.25) is 0 Å². The maximum Gasteiger partial charge on any atom is 0.0998 e. The van der Waals surface area contributed by atoms with Crippen LogP contribution < -0.4 is 0 Å². The van der Waals surface area contributed by atoms with Crippen LogP contribution in [-0.2, 0) is 0 Å². The van der Waals surface area contributed by atoms with Crippen molar-refractivity contribution >= 4 is 43.6 Å². The molecule has 7 aromatic carbocycles. The summed E-state index contributed by atoms with van der Waals surface area (Å²) in [6, 6.07) is 57.7. The van der Waals surface area contributed by atoms with Gasteiger partial charge in [0.05, 0.1) is 62.7 Å². The molecule has 0 aliphatic rings. The first-order valence-electron chi connectivity index (χ1n) is 16.3. The highest BCUT2D eigenvalue weighted by Gasteiger charge is 2.21. The third-order valence-electron chi connectivity index (χ3n) is 9.65. The second-order valence-electron chi connectivity index (χ2n) is 12.3. The summed E-state index contributed by atoms with van der Waals surface area (Å²) in [6.07, 6.45) is 0. The third kappa shape index (κ3) is 4.24. The van der Waals surface area contributed by atoms with E-state index in [9.17, 15) is 15.8 Å². The Morgan fingerprint density at radius 1 is 0.380 bits per heavy atom. The van der Waals surface area contributed by atoms with Crippen molar-refractivity contribution in [1.82, 2.24) is 9.13 Å². The lowest BCUT2D eigenvalue weighted by atomic mass is 9.88. The van der Waals surface area contributed by atoms with Gasteiger partial charge in [-0.1, -0.05) is 91.0 Å². The van der Waals surface area contributed by atoms with Gasteiger partial charge in [-0.05, 0) is 66.2 Å². The van der Waals surface area contributed by atoms with Crippen LogP contribution in [-0.4, -0.2) is 9.13 Å². The van der Waals surface area contributed by atoms with Crippen LogP contribution in [0.1, 0.15) is 16.7 Å². The molecule has 0 saturated carbocycles. The normalized spacial score (nSPS) is 11.1. The average Bonchev–Trinajstić information content (AvgIpc) is 3.70. The van der Waals surface area contributed by atoms with Crippen LogP contribution in [0.4, 0.5) is 0 Å².